The Morgan fingerprint density at radius 2 is 0.977 bits per heavy atom. The predicted molar refractivity (Wildman–Crippen MR) is 167 cm³/mol. The molecule has 0 aliphatic rings. The van der Waals surface area contributed by atoms with Crippen molar-refractivity contribution >= 4 is 44.9 Å². The third-order valence-electron chi connectivity index (χ3n) is 6.29. The minimum atomic E-state index is 0. The fraction of sp³-hybridized carbons (Fsp3) is 0.0625. The number of hydrogen-bond acceptors (Lipinski definition) is 10. The summed E-state index contributed by atoms with van der Waals surface area (Å²) in [6.07, 6.45) is 6.73. The van der Waals surface area contributed by atoms with Gasteiger partial charge in [0.1, 0.15) is 34.2 Å². The molecule has 4 aromatic heterocycles. The molecule has 219 valence electrons. The van der Waals surface area contributed by atoms with Gasteiger partial charge in [-0.3, -0.25) is 20.8 Å². The van der Waals surface area contributed by atoms with Gasteiger partial charge in [-0.2, -0.15) is 10.2 Å². The number of para-hydroxylation sites is 2. The van der Waals surface area contributed by atoms with Crippen LogP contribution in [0.3, 0.4) is 0 Å². The summed E-state index contributed by atoms with van der Waals surface area (Å²) in [5, 5.41) is 30.1. The quantitative estimate of drug-likeness (QED) is 0.0961. The number of aromatic hydroxyl groups is 2. The summed E-state index contributed by atoms with van der Waals surface area (Å²) < 4.78 is 0. The number of phenols is 2. The second kappa shape index (κ2) is 14.5. The molecule has 2 aromatic carbocycles. The fourth-order valence-electron chi connectivity index (χ4n) is 4.21. The van der Waals surface area contributed by atoms with Crippen molar-refractivity contribution in [1.29, 1.82) is 0 Å². The van der Waals surface area contributed by atoms with Crippen molar-refractivity contribution in [2.75, 3.05) is 10.9 Å². The standard InChI is InChI=1S/2C16H14N4O.Cu/c2*1-11(19-20-15-7-2-3-9-17-15)12-8-10-18-16-13(12)5-4-6-14(16)21;/h2*2-10,21H,1H3,(H,17,20);. The van der Waals surface area contributed by atoms with Crippen LogP contribution in [0.25, 0.3) is 21.8 Å². The van der Waals surface area contributed by atoms with Gasteiger partial charge in [0, 0.05) is 63.8 Å². The molecule has 0 aliphatic carbocycles. The van der Waals surface area contributed by atoms with E-state index in [1.54, 1.807) is 49.1 Å². The number of phenolic OH excluding ortho intramolecular Hbond substituents is 2. The maximum Gasteiger partial charge on any atom is 0.146 e. The van der Waals surface area contributed by atoms with Crippen molar-refractivity contribution in [2.24, 2.45) is 10.2 Å². The van der Waals surface area contributed by atoms with E-state index in [1.807, 2.05) is 74.5 Å². The van der Waals surface area contributed by atoms with Gasteiger partial charge in [-0.1, -0.05) is 36.4 Å². The molecule has 0 bridgehead atoms. The van der Waals surface area contributed by atoms with Crippen molar-refractivity contribution in [3.8, 4) is 11.5 Å². The molecule has 0 saturated carbocycles. The van der Waals surface area contributed by atoms with Crippen molar-refractivity contribution in [3.63, 3.8) is 0 Å². The molecule has 0 atom stereocenters. The summed E-state index contributed by atoms with van der Waals surface area (Å²) in [6, 6.07) is 25.6. The van der Waals surface area contributed by atoms with E-state index in [-0.39, 0.29) is 28.6 Å². The number of fused-ring (bicyclic) bond motifs is 2. The molecule has 43 heavy (non-hydrogen) atoms. The number of aromatic nitrogens is 4. The first kappa shape index (κ1) is 30.6. The molecule has 10 nitrogen and oxygen atoms in total. The first-order chi connectivity index (χ1) is 20.5. The molecule has 0 fully saturated rings. The Hall–Kier alpha value is -5.38. The summed E-state index contributed by atoms with van der Waals surface area (Å²) in [5.41, 5.74) is 10.4. The van der Waals surface area contributed by atoms with E-state index in [0.717, 1.165) is 33.3 Å². The monoisotopic (exact) mass is 619 g/mol. The molecule has 0 amide bonds. The Bertz CT molecular complexity index is 1750. The number of hydrogen-bond donors (Lipinski definition) is 4. The van der Waals surface area contributed by atoms with Crippen molar-refractivity contribution in [1.82, 2.24) is 19.9 Å². The fourth-order valence-corrected chi connectivity index (χ4v) is 4.21. The predicted octanol–water partition coefficient (Wildman–Crippen LogP) is 6.34. The van der Waals surface area contributed by atoms with Gasteiger partial charge in [0.05, 0.1) is 11.4 Å². The molecule has 0 spiro atoms. The van der Waals surface area contributed by atoms with E-state index in [4.69, 9.17) is 0 Å². The molecule has 1 radical (unpaired) electrons. The second-order valence-electron chi connectivity index (χ2n) is 9.11. The average molecular weight is 620 g/mol. The van der Waals surface area contributed by atoms with Gasteiger partial charge in [0.2, 0.25) is 0 Å². The molecule has 4 N–H and O–H groups in total. The van der Waals surface area contributed by atoms with E-state index < -0.39 is 0 Å². The minimum Gasteiger partial charge on any atom is -0.506 e. The number of pyridine rings is 4. The maximum atomic E-state index is 9.86. The summed E-state index contributed by atoms with van der Waals surface area (Å²) in [6.45, 7) is 3.80. The van der Waals surface area contributed by atoms with Gasteiger partial charge in [-0.05, 0) is 62.4 Å². The molecule has 0 aliphatic heterocycles. The molecule has 0 unspecified atom stereocenters. The van der Waals surface area contributed by atoms with Crippen LogP contribution >= 0.6 is 0 Å². The molecule has 6 aromatic rings. The Labute approximate surface area is 258 Å². The zero-order valence-corrected chi connectivity index (χ0v) is 24.2. The average Bonchev–Trinajstić information content (AvgIpc) is 3.04. The first-order valence-corrected chi connectivity index (χ1v) is 13.1. The van der Waals surface area contributed by atoms with Crippen LogP contribution < -0.4 is 10.9 Å². The van der Waals surface area contributed by atoms with E-state index in [0.29, 0.717) is 22.7 Å². The summed E-state index contributed by atoms with van der Waals surface area (Å²) >= 11 is 0. The van der Waals surface area contributed by atoms with E-state index in [1.165, 1.54) is 0 Å². The van der Waals surface area contributed by atoms with Crippen LogP contribution in [0.1, 0.15) is 25.0 Å². The molecule has 4 heterocycles. The second-order valence-corrected chi connectivity index (χ2v) is 9.11. The largest absolute Gasteiger partial charge is 0.506 e. The van der Waals surface area contributed by atoms with Crippen LogP contribution in [0.2, 0.25) is 0 Å². The Morgan fingerprint density at radius 3 is 1.37 bits per heavy atom. The van der Waals surface area contributed by atoms with Gasteiger partial charge < -0.3 is 10.2 Å². The Kier molecular flexibility index (Phi) is 10.3. The van der Waals surface area contributed by atoms with Gasteiger partial charge in [0.25, 0.3) is 0 Å². The zero-order valence-electron chi connectivity index (χ0n) is 23.3. The Balaban J connectivity index is 0.000000192. The van der Waals surface area contributed by atoms with Gasteiger partial charge in [-0.15, -0.1) is 0 Å². The van der Waals surface area contributed by atoms with E-state index in [2.05, 4.69) is 41.0 Å². The normalized spacial score (nSPS) is 11.3. The van der Waals surface area contributed by atoms with Gasteiger partial charge >= 0.3 is 0 Å². The van der Waals surface area contributed by atoms with Crippen LogP contribution in [-0.4, -0.2) is 41.6 Å². The van der Waals surface area contributed by atoms with E-state index in [9.17, 15) is 10.2 Å². The molecule has 6 rings (SSSR count). The number of hydrazone groups is 2. The number of nitrogens with zero attached hydrogens (tertiary/aromatic N) is 6. The summed E-state index contributed by atoms with van der Waals surface area (Å²) in [4.78, 5) is 16.7. The number of nitrogens with one attached hydrogen (secondary N) is 2. The third kappa shape index (κ3) is 7.48. The Morgan fingerprint density at radius 1 is 0.535 bits per heavy atom. The third-order valence-corrected chi connectivity index (χ3v) is 6.29. The molecule has 11 heteroatoms. The zero-order chi connectivity index (χ0) is 29.3. The summed E-state index contributed by atoms with van der Waals surface area (Å²) in [5.74, 6) is 1.69. The van der Waals surface area contributed by atoms with Crippen LogP contribution in [-0.2, 0) is 17.1 Å². The molecular formula is C32H28CuN8O2. The maximum absolute atomic E-state index is 9.86. The number of benzene rings is 2. The first-order valence-electron chi connectivity index (χ1n) is 13.1. The van der Waals surface area contributed by atoms with E-state index >= 15 is 0 Å². The van der Waals surface area contributed by atoms with Gasteiger partial charge in [-0.25, -0.2) is 9.97 Å². The smallest absolute Gasteiger partial charge is 0.146 e. The van der Waals surface area contributed by atoms with Crippen LogP contribution in [0, 0.1) is 0 Å². The SMILES string of the molecule is CC(=NNc1ccccn1)c1ccnc2c(O)cccc12.CC(=NNc1ccccn1)c1ccnc2c(O)cccc12.[Cu]. The van der Waals surface area contributed by atoms with Crippen molar-refractivity contribution in [3.05, 3.63) is 121 Å². The minimum absolute atomic E-state index is 0. The number of anilines is 2. The van der Waals surface area contributed by atoms with Crippen LogP contribution in [0.15, 0.2) is 120 Å². The van der Waals surface area contributed by atoms with Crippen LogP contribution in [0.5, 0.6) is 11.5 Å². The summed E-state index contributed by atoms with van der Waals surface area (Å²) in [7, 11) is 0. The van der Waals surface area contributed by atoms with Crippen molar-refractivity contribution in [2.45, 2.75) is 13.8 Å². The van der Waals surface area contributed by atoms with Crippen molar-refractivity contribution < 1.29 is 27.3 Å². The van der Waals surface area contributed by atoms with Gasteiger partial charge in [0.15, 0.2) is 0 Å². The molecule has 0 saturated heterocycles. The topological polar surface area (TPSA) is 141 Å². The van der Waals surface area contributed by atoms with Crippen LogP contribution in [0.4, 0.5) is 11.6 Å². The number of rotatable bonds is 6. The molecular weight excluding hydrogens is 592 g/mol.